The number of hydrogen-bond donors (Lipinski definition) is 0. The average Bonchev–Trinajstić information content (AvgIpc) is 2.78. The number of likely N-dealkylation sites (tertiary alicyclic amines) is 1. The highest BCUT2D eigenvalue weighted by atomic mass is 16.5. The molecule has 0 N–H and O–H groups in total. The minimum atomic E-state index is -0.407. The zero-order valence-electron chi connectivity index (χ0n) is 17.1. The van der Waals surface area contributed by atoms with Gasteiger partial charge in [-0.15, -0.1) is 0 Å². The molecule has 4 rings (SSSR count). The van der Waals surface area contributed by atoms with Crippen LogP contribution in [0.3, 0.4) is 0 Å². The smallest absolute Gasteiger partial charge is 0.336 e. The van der Waals surface area contributed by atoms with E-state index in [4.69, 9.17) is 9.15 Å². The lowest BCUT2D eigenvalue weighted by molar-refractivity contribution is -0.134. The average molecular weight is 406 g/mol. The van der Waals surface area contributed by atoms with E-state index in [0.717, 1.165) is 37.9 Å². The summed E-state index contributed by atoms with van der Waals surface area (Å²) in [4.78, 5) is 28.2. The molecule has 0 atom stereocenters. The van der Waals surface area contributed by atoms with Crippen molar-refractivity contribution in [3.05, 3.63) is 76.6 Å². The standard InChI is InChI=1S/C24H26N2O4/c1-25(16-18-5-3-2-4-6-18)20-11-13-26(14-12-20)23(27)17-29-21-9-7-19-8-10-24(28)30-22(19)15-21/h2-10,15,20H,11-14,16-17H2,1H3. The highest BCUT2D eigenvalue weighted by Crippen LogP contribution is 2.21. The van der Waals surface area contributed by atoms with Crippen LogP contribution < -0.4 is 10.4 Å². The first-order valence-electron chi connectivity index (χ1n) is 10.3. The molecular weight excluding hydrogens is 380 g/mol. The van der Waals surface area contributed by atoms with Crippen LogP contribution in [0.15, 0.2) is 69.9 Å². The van der Waals surface area contributed by atoms with Crippen molar-refractivity contribution in [2.75, 3.05) is 26.7 Å². The number of carbonyl (C=O) groups excluding carboxylic acids is 1. The summed E-state index contributed by atoms with van der Waals surface area (Å²) in [6, 6.07) is 19.2. The first-order valence-corrected chi connectivity index (χ1v) is 10.3. The number of amides is 1. The summed E-state index contributed by atoms with van der Waals surface area (Å²) in [6.45, 7) is 2.37. The molecule has 6 heteroatoms. The van der Waals surface area contributed by atoms with Gasteiger partial charge in [-0.2, -0.15) is 0 Å². The molecule has 0 aliphatic carbocycles. The SMILES string of the molecule is CN(Cc1ccccc1)C1CCN(C(=O)COc2ccc3ccc(=O)oc3c2)CC1. The second kappa shape index (κ2) is 9.13. The second-order valence-electron chi connectivity index (χ2n) is 7.76. The number of nitrogens with zero attached hydrogens (tertiary/aromatic N) is 2. The van der Waals surface area contributed by atoms with Crippen LogP contribution in [-0.4, -0.2) is 48.5 Å². The largest absolute Gasteiger partial charge is 0.484 e. The van der Waals surface area contributed by atoms with E-state index in [-0.39, 0.29) is 12.5 Å². The molecule has 1 fully saturated rings. The third-order valence-electron chi connectivity index (χ3n) is 5.67. The van der Waals surface area contributed by atoms with Gasteiger partial charge in [0.1, 0.15) is 11.3 Å². The Kier molecular flexibility index (Phi) is 6.14. The van der Waals surface area contributed by atoms with E-state index >= 15 is 0 Å². The van der Waals surface area contributed by atoms with Crippen molar-refractivity contribution < 1.29 is 13.9 Å². The number of rotatable bonds is 6. The van der Waals surface area contributed by atoms with E-state index in [9.17, 15) is 9.59 Å². The van der Waals surface area contributed by atoms with Crippen LogP contribution in [0.25, 0.3) is 11.0 Å². The van der Waals surface area contributed by atoms with Gasteiger partial charge in [0, 0.05) is 43.2 Å². The Morgan fingerprint density at radius 1 is 1.10 bits per heavy atom. The van der Waals surface area contributed by atoms with Crippen LogP contribution in [0.5, 0.6) is 5.75 Å². The third-order valence-corrected chi connectivity index (χ3v) is 5.67. The fourth-order valence-corrected chi connectivity index (χ4v) is 3.92. The number of ether oxygens (including phenoxy) is 1. The van der Waals surface area contributed by atoms with Crippen LogP contribution in [0.2, 0.25) is 0 Å². The Morgan fingerprint density at radius 2 is 1.83 bits per heavy atom. The van der Waals surface area contributed by atoms with Crippen LogP contribution in [0.4, 0.5) is 0 Å². The Hall–Kier alpha value is -3.12. The van der Waals surface area contributed by atoms with E-state index in [1.165, 1.54) is 11.6 Å². The minimum Gasteiger partial charge on any atom is -0.484 e. The molecule has 0 bridgehead atoms. The number of carbonyl (C=O) groups is 1. The molecule has 0 saturated carbocycles. The Bertz CT molecular complexity index is 1060. The number of fused-ring (bicyclic) bond motifs is 1. The van der Waals surface area contributed by atoms with E-state index in [1.54, 1.807) is 18.2 Å². The van der Waals surface area contributed by atoms with Gasteiger partial charge in [0.15, 0.2) is 6.61 Å². The van der Waals surface area contributed by atoms with Gasteiger partial charge < -0.3 is 14.1 Å². The van der Waals surface area contributed by atoms with Crippen LogP contribution in [0.1, 0.15) is 18.4 Å². The monoisotopic (exact) mass is 406 g/mol. The van der Waals surface area contributed by atoms with Gasteiger partial charge in [0.25, 0.3) is 5.91 Å². The van der Waals surface area contributed by atoms with Gasteiger partial charge in [-0.25, -0.2) is 4.79 Å². The molecule has 156 valence electrons. The normalized spacial score (nSPS) is 14.9. The van der Waals surface area contributed by atoms with Crippen LogP contribution >= 0.6 is 0 Å². The number of hydrogen-bond acceptors (Lipinski definition) is 5. The summed E-state index contributed by atoms with van der Waals surface area (Å²) in [5.41, 5.74) is 1.35. The van der Waals surface area contributed by atoms with Crippen LogP contribution in [-0.2, 0) is 11.3 Å². The highest BCUT2D eigenvalue weighted by molar-refractivity contribution is 5.79. The van der Waals surface area contributed by atoms with Gasteiger partial charge in [-0.3, -0.25) is 9.69 Å². The molecule has 1 aliphatic heterocycles. The summed E-state index contributed by atoms with van der Waals surface area (Å²) >= 11 is 0. The van der Waals surface area contributed by atoms with E-state index in [1.807, 2.05) is 17.0 Å². The van der Waals surface area contributed by atoms with Gasteiger partial charge in [0.2, 0.25) is 0 Å². The molecular formula is C24H26N2O4. The van der Waals surface area contributed by atoms with Gasteiger partial charge in [-0.05, 0) is 43.7 Å². The molecule has 0 spiro atoms. The van der Waals surface area contributed by atoms with E-state index < -0.39 is 5.63 Å². The zero-order valence-corrected chi connectivity index (χ0v) is 17.1. The third kappa shape index (κ3) is 4.89. The molecule has 6 nitrogen and oxygen atoms in total. The second-order valence-corrected chi connectivity index (χ2v) is 7.76. The van der Waals surface area contributed by atoms with Crippen molar-refractivity contribution in [1.29, 1.82) is 0 Å². The minimum absolute atomic E-state index is 0.0197. The summed E-state index contributed by atoms with van der Waals surface area (Å²) in [5, 5.41) is 0.815. The zero-order chi connectivity index (χ0) is 20.9. The molecule has 1 aliphatic rings. The molecule has 0 unspecified atom stereocenters. The van der Waals surface area contributed by atoms with E-state index in [2.05, 4.69) is 36.2 Å². The number of benzene rings is 2. The summed E-state index contributed by atoms with van der Waals surface area (Å²) < 4.78 is 10.8. The lowest BCUT2D eigenvalue weighted by atomic mass is 10.0. The number of piperidine rings is 1. The fraction of sp³-hybridized carbons (Fsp3) is 0.333. The van der Waals surface area contributed by atoms with Crippen molar-refractivity contribution in [3.8, 4) is 5.75 Å². The molecule has 1 saturated heterocycles. The maximum Gasteiger partial charge on any atom is 0.336 e. The molecule has 30 heavy (non-hydrogen) atoms. The molecule has 2 heterocycles. The topological polar surface area (TPSA) is 63.0 Å². The molecule has 1 amide bonds. The first kappa shape index (κ1) is 20.2. The van der Waals surface area contributed by atoms with Gasteiger partial charge >= 0.3 is 5.63 Å². The molecule has 0 radical (unpaired) electrons. The fourth-order valence-electron chi connectivity index (χ4n) is 3.92. The predicted octanol–water partition coefficient (Wildman–Crippen LogP) is 3.29. The molecule has 1 aromatic heterocycles. The van der Waals surface area contributed by atoms with Crippen molar-refractivity contribution in [2.24, 2.45) is 0 Å². The quantitative estimate of drug-likeness (QED) is 0.588. The molecule has 3 aromatic rings. The van der Waals surface area contributed by atoms with Crippen molar-refractivity contribution in [2.45, 2.75) is 25.4 Å². The summed E-state index contributed by atoms with van der Waals surface area (Å²) in [6.07, 6.45) is 1.91. The lowest BCUT2D eigenvalue weighted by Crippen LogP contribution is -2.46. The predicted molar refractivity (Wildman–Crippen MR) is 115 cm³/mol. The van der Waals surface area contributed by atoms with Gasteiger partial charge in [0.05, 0.1) is 0 Å². The highest BCUT2D eigenvalue weighted by Gasteiger charge is 2.25. The maximum absolute atomic E-state index is 12.6. The summed E-state index contributed by atoms with van der Waals surface area (Å²) in [7, 11) is 2.15. The van der Waals surface area contributed by atoms with Gasteiger partial charge in [-0.1, -0.05) is 30.3 Å². The Balaban J connectivity index is 1.27. The Morgan fingerprint density at radius 3 is 2.60 bits per heavy atom. The Labute approximate surface area is 175 Å². The van der Waals surface area contributed by atoms with E-state index in [0.29, 0.717) is 17.4 Å². The van der Waals surface area contributed by atoms with Crippen molar-refractivity contribution in [3.63, 3.8) is 0 Å². The summed E-state index contributed by atoms with van der Waals surface area (Å²) in [5.74, 6) is 0.497. The molecule has 2 aromatic carbocycles. The van der Waals surface area contributed by atoms with Crippen molar-refractivity contribution in [1.82, 2.24) is 9.80 Å². The van der Waals surface area contributed by atoms with Crippen molar-refractivity contribution >= 4 is 16.9 Å². The first-order chi connectivity index (χ1) is 14.6. The lowest BCUT2D eigenvalue weighted by Gasteiger charge is -2.36. The maximum atomic E-state index is 12.6. The van der Waals surface area contributed by atoms with Crippen LogP contribution in [0, 0.1) is 0 Å².